The molecule has 0 amide bonds. The van der Waals surface area contributed by atoms with Crippen molar-refractivity contribution in [1.29, 1.82) is 0 Å². The molecule has 0 saturated carbocycles. The maximum atomic E-state index is 10.6. The van der Waals surface area contributed by atoms with E-state index in [0.29, 0.717) is 5.92 Å². The van der Waals surface area contributed by atoms with E-state index in [2.05, 4.69) is 58.4 Å². The molecule has 0 bridgehead atoms. The number of ether oxygens (including phenoxy) is 1. The van der Waals surface area contributed by atoms with E-state index in [0.717, 1.165) is 37.4 Å². The number of halogens is 3. The smallest absolute Gasteiger partial charge is 0.490 e. The number of carboxylic acid groups (broad SMARTS) is 1. The summed E-state index contributed by atoms with van der Waals surface area (Å²) in [5.41, 5.74) is 1.41. The molecule has 1 N–H and O–H groups in total. The van der Waals surface area contributed by atoms with Crippen molar-refractivity contribution >= 4 is 16.7 Å². The van der Waals surface area contributed by atoms with E-state index in [9.17, 15) is 13.2 Å². The highest BCUT2D eigenvalue weighted by Gasteiger charge is 2.38. The third-order valence-corrected chi connectivity index (χ3v) is 5.30. The standard InChI is InChI=1S/C22H24N2O.C2HF3O2/c1-2-4-18(5-3-1)16-24-12-9-19(10-13-24)17-25-22-7-6-21-15-23-11-8-20(21)14-22;3-2(4,5)1(6)7/h1-8,11,14-15,19H,9-10,12-13,16-17H2;(H,6,7). The predicted octanol–water partition coefficient (Wildman–Crippen LogP) is 5.16. The molecule has 0 unspecified atom stereocenters. The fourth-order valence-electron chi connectivity index (χ4n) is 3.52. The van der Waals surface area contributed by atoms with Crippen LogP contribution in [0.4, 0.5) is 13.2 Å². The van der Waals surface area contributed by atoms with Crippen molar-refractivity contribution in [3.8, 4) is 5.75 Å². The SMILES string of the molecule is O=C(O)C(F)(F)F.c1ccc(CN2CCC(COc3ccc4cnccc4c3)CC2)cc1. The van der Waals surface area contributed by atoms with Crippen LogP contribution in [0.15, 0.2) is 67.0 Å². The summed E-state index contributed by atoms with van der Waals surface area (Å²) in [5.74, 6) is -1.14. The lowest BCUT2D eigenvalue weighted by Crippen LogP contribution is -2.35. The third-order valence-electron chi connectivity index (χ3n) is 5.30. The first-order valence-electron chi connectivity index (χ1n) is 10.3. The van der Waals surface area contributed by atoms with Gasteiger partial charge in [-0.2, -0.15) is 13.2 Å². The number of aliphatic carboxylic acids is 1. The molecule has 1 aromatic heterocycles. The third kappa shape index (κ3) is 7.23. The Labute approximate surface area is 184 Å². The van der Waals surface area contributed by atoms with Gasteiger partial charge in [0.25, 0.3) is 0 Å². The molecule has 0 atom stereocenters. The van der Waals surface area contributed by atoms with Gasteiger partial charge in [0.05, 0.1) is 6.61 Å². The molecule has 1 fully saturated rings. The number of aromatic nitrogens is 1. The normalized spacial score (nSPS) is 15.1. The summed E-state index contributed by atoms with van der Waals surface area (Å²) < 4.78 is 37.8. The average Bonchev–Trinajstić information content (AvgIpc) is 2.79. The molecule has 0 radical (unpaired) electrons. The van der Waals surface area contributed by atoms with Crippen LogP contribution in [0.25, 0.3) is 10.8 Å². The number of fused-ring (bicyclic) bond motifs is 1. The van der Waals surface area contributed by atoms with Crippen LogP contribution in [0, 0.1) is 5.92 Å². The molecule has 1 aliphatic heterocycles. The van der Waals surface area contributed by atoms with Crippen molar-refractivity contribution in [2.24, 2.45) is 5.92 Å². The van der Waals surface area contributed by atoms with Gasteiger partial charge in [0.15, 0.2) is 0 Å². The lowest BCUT2D eigenvalue weighted by Gasteiger charge is -2.31. The van der Waals surface area contributed by atoms with Gasteiger partial charge in [-0.3, -0.25) is 9.88 Å². The van der Waals surface area contributed by atoms with Gasteiger partial charge in [0.2, 0.25) is 0 Å². The molecule has 2 aromatic carbocycles. The second-order valence-corrected chi connectivity index (χ2v) is 7.70. The minimum Gasteiger partial charge on any atom is -0.493 e. The van der Waals surface area contributed by atoms with Crippen LogP contribution in [0.2, 0.25) is 0 Å². The van der Waals surface area contributed by atoms with Crippen LogP contribution in [0.3, 0.4) is 0 Å². The number of likely N-dealkylation sites (tertiary alicyclic amines) is 1. The van der Waals surface area contributed by atoms with Gasteiger partial charge < -0.3 is 9.84 Å². The molecule has 3 aromatic rings. The maximum Gasteiger partial charge on any atom is 0.490 e. The lowest BCUT2D eigenvalue weighted by atomic mass is 9.97. The molecule has 170 valence electrons. The fourth-order valence-corrected chi connectivity index (χ4v) is 3.52. The Bertz CT molecular complexity index is 1000. The number of hydrogen-bond donors (Lipinski definition) is 1. The zero-order chi connectivity index (χ0) is 23.0. The van der Waals surface area contributed by atoms with Gasteiger partial charge in [-0.15, -0.1) is 0 Å². The average molecular weight is 446 g/mol. The molecular formula is C24H25F3N2O3. The molecule has 1 aliphatic rings. The molecule has 0 aliphatic carbocycles. The number of carbonyl (C=O) groups is 1. The Morgan fingerprint density at radius 3 is 2.41 bits per heavy atom. The minimum atomic E-state index is -5.08. The van der Waals surface area contributed by atoms with E-state index in [-0.39, 0.29) is 0 Å². The second-order valence-electron chi connectivity index (χ2n) is 7.70. The minimum absolute atomic E-state index is 0.653. The quantitative estimate of drug-likeness (QED) is 0.587. The molecule has 1 saturated heterocycles. The van der Waals surface area contributed by atoms with Crippen molar-refractivity contribution in [3.05, 3.63) is 72.6 Å². The van der Waals surface area contributed by atoms with Crippen LogP contribution in [0.5, 0.6) is 5.75 Å². The summed E-state index contributed by atoms with van der Waals surface area (Å²) in [6.45, 7) is 4.20. The number of pyridine rings is 1. The van der Waals surface area contributed by atoms with E-state index in [1.165, 1.54) is 23.8 Å². The number of carboxylic acids is 1. The summed E-state index contributed by atoms with van der Waals surface area (Å²) in [7, 11) is 0. The molecule has 2 heterocycles. The highest BCUT2D eigenvalue weighted by atomic mass is 19.4. The maximum absolute atomic E-state index is 10.6. The van der Waals surface area contributed by atoms with E-state index in [1.807, 2.05) is 18.5 Å². The first kappa shape index (κ1) is 23.5. The number of nitrogens with zero attached hydrogens (tertiary/aromatic N) is 2. The van der Waals surface area contributed by atoms with Crippen LogP contribution in [0.1, 0.15) is 18.4 Å². The van der Waals surface area contributed by atoms with Gasteiger partial charge >= 0.3 is 12.1 Å². The van der Waals surface area contributed by atoms with E-state index >= 15 is 0 Å². The van der Waals surface area contributed by atoms with Crippen molar-refractivity contribution in [2.75, 3.05) is 19.7 Å². The monoisotopic (exact) mass is 446 g/mol. The van der Waals surface area contributed by atoms with Crippen molar-refractivity contribution in [1.82, 2.24) is 9.88 Å². The van der Waals surface area contributed by atoms with Gasteiger partial charge in [-0.1, -0.05) is 30.3 Å². The molecule has 0 spiro atoms. The Morgan fingerprint density at radius 2 is 1.75 bits per heavy atom. The number of rotatable bonds is 5. The van der Waals surface area contributed by atoms with Gasteiger partial charge in [0, 0.05) is 24.3 Å². The summed E-state index contributed by atoms with van der Waals surface area (Å²) in [6.07, 6.45) is 1.06. The first-order valence-corrected chi connectivity index (χ1v) is 10.3. The lowest BCUT2D eigenvalue weighted by molar-refractivity contribution is -0.192. The fraction of sp³-hybridized carbons (Fsp3) is 0.333. The summed E-state index contributed by atoms with van der Waals surface area (Å²) in [6, 6.07) is 19.0. The van der Waals surface area contributed by atoms with Crippen molar-refractivity contribution in [3.63, 3.8) is 0 Å². The second kappa shape index (κ2) is 10.9. The summed E-state index contributed by atoms with van der Waals surface area (Å²) in [5, 5.41) is 9.47. The van der Waals surface area contributed by atoms with Gasteiger partial charge in [-0.25, -0.2) is 4.79 Å². The molecule has 8 heteroatoms. The molecular weight excluding hydrogens is 421 g/mol. The number of alkyl halides is 3. The van der Waals surface area contributed by atoms with E-state index < -0.39 is 12.1 Å². The Kier molecular flexibility index (Phi) is 8.05. The van der Waals surface area contributed by atoms with Crippen LogP contribution >= 0.6 is 0 Å². The van der Waals surface area contributed by atoms with E-state index in [4.69, 9.17) is 14.6 Å². The highest BCUT2D eigenvalue weighted by molar-refractivity contribution is 5.82. The summed E-state index contributed by atoms with van der Waals surface area (Å²) in [4.78, 5) is 15.6. The number of benzene rings is 2. The Morgan fingerprint density at radius 1 is 1.06 bits per heavy atom. The zero-order valence-corrected chi connectivity index (χ0v) is 17.5. The number of piperidine rings is 1. The zero-order valence-electron chi connectivity index (χ0n) is 17.5. The molecule has 4 rings (SSSR count). The van der Waals surface area contributed by atoms with Gasteiger partial charge in [-0.05, 0) is 67.1 Å². The van der Waals surface area contributed by atoms with Crippen LogP contribution in [-0.4, -0.2) is 46.8 Å². The van der Waals surface area contributed by atoms with E-state index in [1.54, 1.807) is 0 Å². The topological polar surface area (TPSA) is 62.7 Å². The van der Waals surface area contributed by atoms with Crippen molar-refractivity contribution in [2.45, 2.75) is 25.6 Å². The van der Waals surface area contributed by atoms with Crippen molar-refractivity contribution < 1.29 is 27.8 Å². The predicted molar refractivity (Wildman–Crippen MR) is 115 cm³/mol. The number of hydrogen-bond acceptors (Lipinski definition) is 4. The van der Waals surface area contributed by atoms with Crippen LogP contribution < -0.4 is 4.74 Å². The highest BCUT2D eigenvalue weighted by Crippen LogP contribution is 2.23. The van der Waals surface area contributed by atoms with Crippen LogP contribution in [-0.2, 0) is 11.3 Å². The molecule has 5 nitrogen and oxygen atoms in total. The summed E-state index contributed by atoms with van der Waals surface area (Å²) >= 11 is 0. The Balaban J connectivity index is 0.000000360. The Hall–Kier alpha value is -3.13. The molecule has 32 heavy (non-hydrogen) atoms. The first-order chi connectivity index (χ1) is 15.3. The largest absolute Gasteiger partial charge is 0.493 e. The van der Waals surface area contributed by atoms with Gasteiger partial charge in [0.1, 0.15) is 5.75 Å².